The monoisotopic (exact) mass is 1450 g/mol. The number of hydrogen-bond acceptors (Lipinski definition) is 7. The fraction of sp³-hybridized carbons (Fsp3) is 0.978. The fourth-order valence-corrected chi connectivity index (χ4v) is 15.6. The smallest absolute Gasteiger partial charge is 0.462 e. The minimum absolute atomic E-state index is 0.0380. The maximum atomic E-state index is 13.0. The van der Waals surface area contributed by atoms with Gasteiger partial charge in [0, 0.05) is 12.8 Å². The average molecular weight is 1450 g/mol. The molecule has 0 aliphatic heterocycles. The van der Waals surface area contributed by atoms with E-state index in [0.29, 0.717) is 17.4 Å². The molecule has 2 unspecified atom stereocenters. The lowest BCUT2D eigenvalue weighted by atomic mass is 10.0. The second kappa shape index (κ2) is 83.1. The zero-order chi connectivity index (χ0) is 73.3. The van der Waals surface area contributed by atoms with Crippen LogP contribution in [-0.4, -0.2) is 74.9 Å². The molecule has 0 aromatic rings. The molecular weight excluding hydrogens is 1270 g/mol. The maximum Gasteiger partial charge on any atom is 0.472 e. The highest BCUT2D eigenvalue weighted by atomic mass is 31.2. The molecule has 2 atom stereocenters. The lowest BCUT2D eigenvalue weighted by molar-refractivity contribution is -0.870. The van der Waals surface area contributed by atoms with E-state index in [2.05, 4.69) is 13.8 Å². The van der Waals surface area contributed by atoms with Crippen LogP contribution in [0.5, 0.6) is 0 Å². The first-order valence-corrected chi connectivity index (χ1v) is 47.8. The third kappa shape index (κ3) is 87.8. The van der Waals surface area contributed by atoms with Crippen LogP contribution in [0.4, 0.5) is 0 Å². The molecule has 1 N–H and O–H groups in total. The van der Waals surface area contributed by atoms with Gasteiger partial charge in [-0.2, -0.15) is 0 Å². The molecule has 0 aliphatic rings. The first-order valence-electron chi connectivity index (χ1n) is 46.3. The highest BCUT2D eigenvalue weighted by Gasteiger charge is 2.27. The molecule has 0 bridgehead atoms. The molecule has 0 radical (unpaired) electrons. The van der Waals surface area contributed by atoms with Gasteiger partial charge in [0.2, 0.25) is 0 Å². The quantitative estimate of drug-likeness (QED) is 0.0278. The summed E-state index contributed by atoms with van der Waals surface area (Å²) in [6.45, 7) is 4.56. The van der Waals surface area contributed by atoms with Crippen molar-refractivity contribution in [3.63, 3.8) is 0 Å². The van der Waals surface area contributed by atoms with Gasteiger partial charge < -0.3 is 18.9 Å². The minimum atomic E-state index is -4.39. The van der Waals surface area contributed by atoms with Gasteiger partial charge >= 0.3 is 19.8 Å². The molecule has 0 saturated carbocycles. The van der Waals surface area contributed by atoms with E-state index in [-0.39, 0.29) is 25.6 Å². The Balaban J connectivity index is 3.80. The van der Waals surface area contributed by atoms with Gasteiger partial charge in [0.05, 0.1) is 27.7 Å². The molecule has 0 heterocycles. The predicted molar refractivity (Wildman–Crippen MR) is 442 cm³/mol. The van der Waals surface area contributed by atoms with Crippen LogP contribution < -0.4 is 0 Å². The summed E-state index contributed by atoms with van der Waals surface area (Å²) in [5.41, 5.74) is 0. The minimum Gasteiger partial charge on any atom is -0.462 e. The largest absolute Gasteiger partial charge is 0.472 e. The number of phosphoric acid groups is 1. The van der Waals surface area contributed by atoms with E-state index in [1.165, 1.54) is 456 Å². The molecule has 10 heteroatoms. The Morgan fingerprint density at radius 3 is 0.634 bits per heavy atom. The Morgan fingerprint density at radius 2 is 0.446 bits per heavy atom. The molecule has 0 rings (SSSR count). The van der Waals surface area contributed by atoms with Gasteiger partial charge in [0.15, 0.2) is 6.10 Å². The van der Waals surface area contributed by atoms with Crippen molar-refractivity contribution in [3.05, 3.63) is 0 Å². The molecule has 0 fully saturated rings. The highest BCUT2D eigenvalue weighted by molar-refractivity contribution is 7.47. The van der Waals surface area contributed by atoms with Gasteiger partial charge in [-0.05, 0) is 12.8 Å². The molecule has 9 nitrogen and oxygen atoms in total. The van der Waals surface area contributed by atoms with E-state index in [4.69, 9.17) is 18.5 Å². The number of carbonyl (C=O) groups excluding carboxylic acids is 2. The number of esters is 2. The van der Waals surface area contributed by atoms with E-state index >= 15 is 0 Å². The number of unbranched alkanes of at least 4 members (excludes halogenated alkanes) is 75. The summed E-state index contributed by atoms with van der Waals surface area (Å²) in [6, 6.07) is 0. The molecule has 0 amide bonds. The number of hydrogen-bond donors (Lipinski definition) is 1. The number of likely N-dealkylation sites (N-methyl/N-ethyl adjacent to an activating group) is 1. The molecule has 0 aromatic heterocycles. The number of rotatable bonds is 89. The average Bonchev–Trinajstić information content (AvgIpc) is 0.973. The Morgan fingerprint density at radius 1 is 0.267 bits per heavy atom. The van der Waals surface area contributed by atoms with Crippen molar-refractivity contribution in [2.45, 2.75) is 527 Å². The molecule has 0 saturated heterocycles. The third-order valence-corrected chi connectivity index (χ3v) is 22.9. The van der Waals surface area contributed by atoms with E-state index < -0.39 is 26.5 Å². The second-order valence-corrected chi connectivity index (χ2v) is 34.9. The molecule has 0 aromatic carbocycles. The fourth-order valence-electron chi connectivity index (χ4n) is 14.9. The van der Waals surface area contributed by atoms with Crippen LogP contribution in [-0.2, 0) is 32.7 Å². The number of nitrogens with zero attached hydrogens (tertiary/aromatic N) is 1. The van der Waals surface area contributed by atoms with E-state index in [1.807, 2.05) is 21.1 Å². The van der Waals surface area contributed by atoms with Crippen molar-refractivity contribution in [1.82, 2.24) is 0 Å². The molecule has 604 valence electrons. The summed E-state index contributed by atoms with van der Waals surface area (Å²) in [4.78, 5) is 36.1. The van der Waals surface area contributed by atoms with Crippen molar-refractivity contribution in [1.29, 1.82) is 0 Å². The van der Waals surface area contributed by atoms with Gasteiger partial charge in [0.25, 0.3) is 0 Å². The summed E-state index contributed by atoms with van der Waals surface area (Å²) >= 11 is 0. The van der Waals surface area contributed by atoms with Gasteiger partial charge in [-0.25, -0.2) is 4.57 Å². The number of phosphoric ester groups is 1. The van der Waals surface area contributed by atoms with Crippen molar-refractivity contribution < 1.29 is 42.1 Å². The van der Waals surface area contributed by atoms with Crippen LogP contribution in [0.3, 0.4) is 0 Å². The Kier molecular flexibility index (Phi) is 82.2. The first kappa shape index (κ1) is 100. The van der Waals surface area contributed by atoms with Gasteiger partial charge in [0.1, 0.15) is 19.8 Å². The standard InChI is InChI=1S/C91H182NO8P/c1-6-8-10-12-14-16-18-20-22-24-26-28-30-32-34-36-38-40-42-44-46-48-50-52-54-56-58-60-62-64-66-68-70-72-74-76-78-80-82-84-91(94)100-89(88-99-101(95,96)98-86-85-92(3,4)5)87-97-90(93)83-81-79-77-75-73-71-69-67-65-63-61-59-57-55-53-51-49-47-45-43-41-39-37-35-33-31-29-27-25-23-21-19-17-15-13-11-9-7-2/h89H,6-88H2,1-5H3/p+1. The van der Waals surface area contributed by atoms with E-state index in [9.17, 15) is 19.0 Å². The summed E-state index contributed by atoms with van der Waals surface area (Å²) in [5.74, 6) is -0.761. The SMILES string of the molecule is CCCCCCCCCCCCCCCCCCCCCCCCCCCCCCCCCCCCCCCCCC(=O)OC(COC(=O)CCCCCCCCCCCCCCCCCCCCCCCCCCCCCCCCCCCCCCCC)COP(=O)(O)OCC[N+](C)(C)C. The van der Waals surface area contributed by atoms with Crippen LogP contribution in [0.2, 0.25) is 0 Å². The Labute approximate surface area is 633 Å². The van der Waals surface area contributed by atoms with Crippen molar-refractivity contribution in [2.75, 3.05) is 47.5 Å². The van der Waals surface area contributed by atoms with Crippen molar-refractivity contribution >= 4 is 19.8 Å². The van der Waals surface area contributed by atoms with E-state index in [0.717, 1.165) is 38.5 Å². The topological polar surface area (TPSA) is 108 Å². The Bertz CT molecular complexity index is 1660. The van der Waals surface area contributed by atoms with Crippen LogP contribution in [0, 0.1) is 0 Å². The van der Waals surface area contributed by atoms with Gasteiger partial charge in [-0.15, -0.1) is 0 Å². The van der Waals surface area contributed by atoms with Gasteiger partial charge in [-0.3, -0.25) is 18.6 Å². The maximum absolute atomic E-state index is 13.0. The van der Waals surface area contributed by atoms with Crippen molar-refractivity contribution in [3.8, 4) is 0 Å². The zero-order valence-electron chi connectivity index (χ0n) is 69.5. The normalized spacial score (nSPS) is 12.8. The third-order valence-electron chi connectivity index (χ3n) is 21.9. The van der Waals surface area contributed by atoms with Crippen molar-refractivity contribution in [2.24, 2.45) is 0 Å². The summed E-state index contributed by atoms with van der Waals surface area (Å²) < 4.78 is 34.9. The number of carbonyl (C=O) groups is 2. The summed E-state index contributed by atoms with van der Waals surface area (Å²) in [6.07, 6.45) is 106. The second-order valence-electron chi connectivity index (χ2n) is 33.4. The Hall–Kier alpha value is -0.990. The van der Waals surface area contributed by atoms with Crippen LogP contribution in [0.1, 0.15) is 521 Å². The molecule has 0 spiro atoms. The summed E-state index contributed by atoms with van der Waals surface area (Å²) in [7, 11) is 1.52. The zero-order valence-corrected chi connectivity index (χ0v) is 70.4. The highest BCUT2D eigenvalue weighted by Crippen LogP contribution is 2.43. The van der Waals surface area contributed by atoms with Crippen LogP contribution in [0.25, 0.3) is 0 Å². The van der Waals surface area contributed by atoms with Crippen LogP contribution in [0.15, 0.2) is 0 Å². The number of quaternary nitrogens is 1. The molecule has 0 aliphatic carbocycles. The van der Waals surface area contributed by atoms with E-state index in [1.54, 1.807) is 0 Å². The molecule has 101 heavy (non-hydrogen) atoms. The predicted octanol–water partition coefficient (Wildman–Crippen LogP) is 31.1. The number of ether oxygens (including phenoxy) is 2. The lowest BCUT2D eigenvalue weighted by Crippen LogP contribution is -2.37. The van der Waals surface area contributed by atoms with Crippen LogP contribution >= 0.6 is 7.82 Å². The lowest BCUT2D eigenvalue weighted by Gasteiger charge is -2.24. The summed E-state index contributed by atoms with van der Waals surface area (Å²) in [5, 5.41) is 0. The van der Waals surface area contributed by atoms with Gasteiger partial charge in [-0.1, -0.05) is 495 Å². The molecular formula is C91H183NO8P+. The first-order chi connectivity index (χ1) is 49.5.